The molecule has 1 heterocycles. The maximum Gasteiger partial charge on any atom is 0.116 e. The fourth-order valence-electron chi connectivity index (χ4n) is 1.65. The number of ether oxygens (including phenoxy) is 1. The Morgan fingerprint density at radius 3 is 2.27 bits per heavy atom. The molecule has 0 aromatic heterocycles. The maximum absolute atomic E-state index is 9.72. The van der Waals surface area contributed by atoms with Crippen LogP contribution < -0.4 is 0 Å². The Morgan fingerprint density at radius 2 is 2.09 bits per heavy atom. The molecule has 1 aliphatic rings. The molecule has 0 spiro atoms. The third kappa shape index (κ3) is 1.28. The van der Waals surface area contributed by atoms with E-state index in [-0.39, 0.29) is 12.2 Å². The van der Waals surface area contributed by atoms with Crippen LogP contribution in [0.4, 0.5) is 0 Å². The lowest BCUT2D eigenvalue weighted by molar-refractivity contribution is -0.0638. The first kappa shape index (κ1) is 8.97. The second-order valence-corrected chi connectivity index (χ2v) is 3.41. The van der Waals surface area contributed by atoms with Crippen molar-refractivity contribution in [3.8, 4) is 0 Å². The summed E-state index contributed by atoms with van der Waals surface area (Å²) in [6.45, 7) is 5.33. The Labute approximate surface area is 67.0 Å². The Bertz CT molecular complexity index is 144. The highest BCUT2D eigenvalue weighted by Gasteiger charge is 2.48. The topological polar surface area (TPSA) is 49.7 Å². The molecule has 0 bridgehead atoms. The molecule has 0 saturated carbocycles. The largest absolute Gasteiger partial charge is 0.387 e. The molecule has 0 amide bonds. The second kappa shape index (κ2) is 2.73. The average molecular weight is 160 g/mol. The summed E-state index contributed by atoms with van der Waals surface area (Å²) in [7, 11) is 0. The van der Waals surface area contributed by atoms with Crippen molar-refractivity contribution >= 4 is 0 Å². The number of rotatable bonds is 1. The van der Waals surface area contributed by atoms with Gasteiger partial charge in [-0.05, 0) is 20.3 Å². The molecule has 2 N–H and O–H groups in total. The van der Waals surface area contributed by atoms with Gasteiger partial charge < -0.3 is 14.9 Å². The summed E-state index contributed by atoms with van der Waals surface area (Å²) < 4.78 is 5.34. The fraction of sp³-hybridized carbons (Fsp3) is 1.00. The van der Waals surface area contributed by atoms with Crippen LogP contribution in [0.2, 0.25) is 0 Å². The number of aliphatic hydroxyl groups is 2. The standard InChI is InChI=1S/C8H16O3/c1-4-6-8(3,10)7(9)5(2)11-6/h5-7,9-10H,4H2,1-3H3/t5-,6+,7?,8+/m0/s1. The van der Waals surface area contributed by atoms with Crippen LogP contribution in [0.15, 0.2) is 0 Å². The van der Waals surface area contributed by atoms with E-state index in [0.29, 0.717) is 0 Å². The summed E-state index contributed by atoms with van der Waals surface area (Å²) in [5, 5.41) is 19.2. The van der Waals surface area contributed by atoms with Gasteiger partial charge in [-0.1, -0.05) is 6.92 Å². The Kier molecular flexibility index (Phi) is 2.23. The van der Waals surface area contributed by atoms with Crippen molar-refractivity contribution in [1.29, 1.82) is 0 Å². The van der Waals surface area contributed by atoms with Crippen LogP contribution in [-0.2, 0) is 4.74 Å². The summed E-state index contributed by atoms with van der Waals surface area (Å²) in [4.78, 5) is 0. The fourth-order valence-corrected chi connectivity index (χ4v) is 1.65. The average Bonchev–Trinajstić information content (AvgIpc) is 2.13. The third-order valence-electron chi connectivity index (χ3n) is 2.45. The molecule has 1 aliphatic heterocycles. The van der Waals surface area contributed by atoms with Crippen LogP contribution in [0.1, 0.15) is 27.2 Å². The van der Waals surface area contributed by atoms with Gasteiger partial charge in [-0.15, -0.1) is 0 Å². The summed E-state index contributed by atoms with van der Waals surface area (Å²) in [5.74, 6) is 0. The molecule has 0 aliphatic carbocycles. The molecule has 0 radical (unpaired) electrons. The Hall–Kier alpha value is -0.120. The van der Waals surface area contributed by atoms with Crippen LogP contribution in [0.5, 0.6) is 0 Å². The summed E-state index contributed by atoms with van der Waals surface area (Å²) in [5.41, 5.74) is -1.08. The highest BCUT2D eigenvalue weighted by Crippen LogP contribution is 2.32. The predicted molar refractivity (Wildman–Crippen MR) is 41.3 cm³/mol. The normalized spacial score (nSPS) is 51.5. The molecular formula is C8H16O3. The van der Waals surface area contributed by atoms with Gasteiger partial charge in [0.15, 0.2) is 0 Å². The zero-order valence-corrected chi connectivity index (χ0v) is 7.24. The van der Waals surface area contributed by atoms with E-state index in [9.17, 15) is 10.2 Å². The molecule has 4 atom stereocenters. The van der Waals surface area contributed by atoms with Crippen LogP contribution in [0, 0.1) is 0 Å². The molecule has 1 rings (SSSR count). The smallest absolute Gasteiger partial charge is 0.116 e. The molecular weight excluding hydrogens is 144 g/mol. The molecule has 3 heteroatoms. The van der Waals surface area contributed by atoms with Crippen molar-refractivity contribution in [2.75, 3.05) is 0 Å². The molecule has 0 aromatic carbocycles. The van der Waals surface area contributed by atoms with E-state index in [1.807, 2.05) is 6.92 Å². The van der Waals surface area contributed by atoms with Gasteiger partial charge in [0.05, 0.1) is 12.2 Å². The third-order valence-corrected chi connectivity index (χ3v) is 2.45. The predicted octanol–water partition coefficient (Wildman–Crippen LogP) is 0.296. The van der Waals surface area contributed by atoms with Gasteiger partial charge in [-0.25, -0.2) is 0 Å². The maximum atomic E-state index is 9.72. The van der Waals surface area contributed by atoms with E-state index in [1.165, 1.54) is 0 Å². The van der Waals surface area contributed by atoms with Crippen molar-refractivity contribution in [1.82, 2.24) is 0 Å². The van der Waals surface area contributed by atoms with Gasteiger partial charge in [-0.3, -0.25) is 0 Å². The minimum atomic E-state index is -1.08. The molecule has 0 aromatic rings. The lowest BCUT2D eigenvalue weighted by Gasteiger charge is -2.25. The molecule has 3 nitrogen and oxygen atoms in total. The summed E-state index contributed by atoms with van der Waals surface area (Å²) in [6, 6.07) is 0. The highest BCUT2D eigenvalue weighted by atomic mass is 16.5. The van der Waals surface area contributed by atoms with Crippen molar-refractivity contribution in [3.05, 3.63) is 0 Å². The van der Waals surface area contributed by atoms with Gasteiger partial charge in [0.25, 0.3) is 0 Å². The van der Waals surface area contributed by atoms with Gasteiger partial charge >= 0.3 is 0 Å². The van der Waals surface area contributed by atoms with Crippen LogP contribution in [-0.4, -0.2) is 34.1 Å². The van der Waals surface area contributed by atoms with E-state index >= 15 is 0 Å². The van der Waals surface area contributed by atoms with Gasteiger partial charge in [0.1, 0.15) is 11.7 Å². The molecule has 66 valence electrons. The Morgan fingerprint density at radius 1 is 1.55 bits per heavy atom. The number of aliphatic hydroxyl groups excluding tert-OH is 1. The van der Waals surface area contributed by atoms with E-state index in [2.05, 4.69) is 0 Å². The zero-order chi connectivity index (χ0) is 8.65. The first-order valence-electron chi connectivity index (χ1n) is 4.06. The molecule has 1 fully saturated rings. The Balaban J connectivity index is 2.74. The SMILES string of the molecule is CC[C@H]1O[C@@H](C)C(O)[C@]1(C)O. The zero-order valence-electron chi connectivity index (χ0n) is 7.24. The van der Waals surface area contributed by atoms with E-state index in [1.54, 1.807) is 13.8 Å². The van der Waals surface area contributed by atoms with Crippen LogP contribution >= 0.6 is 0 Å². The van der Waals surface area contributed by atoms with Crippen molar-refractivity contribution in [2.45, 2.75) is 51.1 Å². The van der Waals surface area contributed by atoms with E-state index < -0.39 is 11.7 Å². The molecule has 11 heavy (non-hydrogen) atoms. The minimum Gasteiger partial charge on any atom is -0.387 e. The lowest BCUT2D eigenvalue weighted by Crippen LogP contribution is -2.44. The van der Waals surface area contributed by atoms with Crippen LogP contribution in [0.3, 0.4) is 0 Å². The van der Waals surface area contributed by atoms with Crippen LogP contribution in [0.25, 0.3) is 0 Å². The van der Waals surface area contributed by atoms with Gasteiger partial charge in [-0.2, -0.15) is 0 Å². The highest BCUT2D eigenvalue weighted by molar-refractivity contribution is 4.98. The summed E-state index contributed by atoms with van der Waals surface area (Å²) in [6.07, 6.45) is -0.510. The van der Waals surface area contributed by atoms with Crippen molar-refractivity contribution in [3.63, 3.8) is 0 Å². The van der Waals surface area contributed by atoms with E-state index in [0.717, 1.165) is 6.42 Å². The van der Waals surface area contributed by atoms with Gasteiger partial charge in [0, 0.05) is 0 Å². The first-order valence-corrected chi connectivity index (χ1v) is 4.06. The number of hydrogen-bond acceptors (Lipinski definition) is 3. The van der Waals surface area contributed by atoms with Crippen molar-refractivity contribution < 1.29 is 14.9 Å². The van der Waals surface area contributed by atoms with Gasteiger partial charge in [0.2, 0.25) is 0 Å². The van der Waals surface area contributed by atoms with E-state index in [4.69, 9.17) is 4.74 Å². The number of hydrogen-bond donors (Lipinski definition) is 2. The second-order valence-electron chi connectivity index (χ2n) is 3.41. The minimum absolute atomic E-state index is 0.229. The first-order chi connectivity index (χ1) is 5.00. The lowest BCUT2D eigenvalue weighted by atomic mass is 9.92. The van der Waals surface area contributed by atoms with Crippen molar-refractivity contribution in [2.24, 2.45) is 0 Å². The molecule has 1 unspecified atom stereocenters. The molecule has 1 saturated heterocycles. The summed E-state index contributed by atoms with van der Waals surface area (Å²) >= 11 is 0. The monoisotopic (exact) mass is 160 g/mol. The quantitative estimate of drug-likeness (QED) is 0.580.